The molecule has 0 saturated carbocycles. The number of nitrogens with one attached hydrogen (secondary N) is 1. The van der Waals surface area contributed by atoms with Crippen LogP contribution in [0.4, 0.5) is 0 Å². The number of para-hydroxylation sites is 2. The number of piperidine rings is 1. The van der Waals surface area contributed by atoms with E-state index in [0.29, 0.717) is 24.9 Å². The van der Waals surface area contributed by atoms with Gasteiger partial charge in [0.25, 0.3) is 0 Å². The van der Waals surface area contributed by atoms with Crippen molar-refractivity contribution in [2.45, 2.75) is 50.6 Å². The number of ether oxygens (including phenoxy) is 1. The quantitative estimate of drug-likeness (QED) is 0.652. The number of aromatic nitrogens is 2. The minimum absolute atomic E-state index is 0.265. The van der Waals surface area contributed by atoms with E-state index in [1.807, 2.05) is 29.2 Å². The predicted molar refractivity (Wildman–Crippen MR) is 126 cm³/mol. The van der Waals surface area contributed by atoms with Gasteiger partial charge in [-0.15, -0.1) is 0 Å². The molecule has 2 aliphatic heterocycles. The van der Waals surface area contributed by atoms with Gasteiger partial charge in [-0.3, -0.25) is 9.69 Å². The van der Waals surface area contributed by atoms with Crippen molar-refractivity contribution in [3.05, 3.63) is 59.9 Å². The van der Waals surface area contributed by atoms with Crippen LogP contribution in [0.5, 0.6) is 5.75 Å². The predicted octanol–water partition coefficient (Wildman–Crippen LogP) is 4.33. The van der Waals surface area contributed by atoms with E-state index in [1.165, 1.54) is 12.8 Å². The molecular weight excluding hydrogens is 400 g/mol. The van der Waals surface area contributed by atoms with Crippen molar-refractivity contribution in [1.82, 2.24) is 19.8 Å². The minimum Gasteiger partial charge on any atom is -0.497 e. The molecule has 1 aromatic heterocycles. The number of fused-ring (bicyclic) bond motifs is 1. The number of nitrogens with zero attached hydrogens (tertiary/aromatic N) is 3. The maximum absolute atomic E-state index is 12.8. The van der Waals surface area contributed by atoms with Crippen LogP contribution >= 0.6 is 0 Å². The van der Waals surface area contributed by atoms with E-state index < -0.39 is 0 Å². The number of amides is 1. The zero-order valence-corrected chi connectivity index (χ0v) is 18.8. The van der Waals surface area contributed by atoms with Gasteiger partial charge in [0, 0.05) is 38.0 Å². The molecule has 3 aromatic rings. The number of benzene rings is 2. The Balaban J connectivity index is 1.23. The van der Waals surface area contributed by atoms with E-state index in [9.17, 15) is 4.79 Å². The van der Waals surface area contributed by atoms with Crippen LogP contribution in [0, 0.1) is 0 Å². The van der Waals surface area contributed by atoms with Gasteiger partial charge < -0.3 is 14.6 Å². The van der Waals surface area contributed by atoms with Crippen LogP contribution in [0.25, 0.3) is 11.0 Å². The Kier molecular flexibility index (Phi) is 6.12. The lowest BCUT2D eigenvalue weighted by Crippen LogP contribution is -2.42. The summed E-state index contributed by atoms with van der Waals surface area (Å²) in [7, 11) is 1.68. The molecule has 1 amide bonds. The Morgan fingerprint density at radius 1 is 1.09 bits per heavy atom. The number of imidazole rings is 1. The number of hydrogen-bond acceptors (Lipinski definition) is 4. The molecular formula is C26H32N4O2. The highest BCUT2D eigenvalue weighted by atomic mass is 16.5. The summed E-state index contributed by atoms with van der Waals surface area (Å²) in [6, 6.07) is 16.8. The summed E-state index contributed by atoms with van der Waals surface area (Å²) in [5.74, 6) is 2.65. The second-order valence-corrected chi connectivity index (χ2v) is 9.12. The minimum atomic E-state index is 0.265. The Morgan fingerprint density at radius 2 is 2.00 bits per heavy atom. The summed E-state index contributed by atoms with van der Waals surface area (Å²) < 4.78 is 5.34. The lowest BCUT2D eigenvalue weighted by atomic mass is 9.94. The van der Waals surface area contributed by atoms with E-state index >= 15 is 0 Å². The summed E-state index contributed by atoms with van der Waals surface area (Å²) in [5, 5.41) is 0. The van der Waals surface area contributed by atoms with Gasteiger partial charge in [-0.05, 0) is 62.1 Å². The third kappa shape index (κ3) is 4.51. The summed E-state index contributed by atoms with van der Waals surface area (Å²) >= 11 is 0. The molecule has 0 spiro atoms. The average molecular weight is 433 g/mol. The van der Waals surface area contributed by atoms with Crippen molar-refractivity contribution in [2.24, 2.45) is 0 Å². The summed E-state index contributed by atoms with van der Waals surface area (Å²) in [6.45, 7) is 3.61. The molecule has 0 radical (unpaired) electrons. The molecule has 2 aliphatic rings. The molecule has 2 aromatic carbocycles. The first-order chi connectivity index (χ1) is 15.7. The first kappa shape index (κ1) is 21.0. The maximum atomic E-state index is 12.8. The smallest absolute Gasteiger partial charge is 0.222 e. The van der Waals surface area contributed by atoms with Gasteiger partial charge in [0.05, 0.1) is 18.1 Å². The summed E-state index contributed by atoms with van der Waals surface area (Å²) in [6.07, 6.45) is 4.95. The van der Waals surface area contributed by atoms with Gasteiger partial charge in [-0.2, -0.15) is 0 Å². The van der Waals surface area contributed by atoms with Crippen LogP contribution in [0.2, 0.25) is 0 Å². The number of methoxy groups -OCH3 is 1. The van der Waals surface area contributed by atoms with Gasteiger partial charge in [-0.1, -0.05) is 24.3 Å². The van der Waals surface area contributed by atoms with E-state index in [-0.39, 0.29) is 5.91 Å². The van der Waals surface area contributed by atoms with Crippen LogP contribution in [-0.2, 0) is 11.3 Å². The van der Waals surface area contributed by atoms with Crippen LogP contribution in [-0.4, -0.2) is 58.5 Å². The van der Waals surface area contributed by atoms with Gasteiger partial charge in [-0.25, -0.2) is 4.98 Å². The second kappa shape index (κ2) is 9.33. The first-order valence-corrected chi connectivity index (χ1v) is 11.8. The van der Waals surface area contributed by atoms with Crippen molar-refractivity contribution >= 4 is 16.9 Å². The maximum Gasteiger partial charge on any atom is 0.222 e. The van der Waals surface area contributed by atoms with Crippen molar-refractivity contribution in [3.63, 3.8) is 0 Å². The summed E-state index contributed by atoms with van der Waals surface area (Å²) in [4.78, 5) is 25.9. The third-order valence-corrected chi connectivity index (χ3v) is 7.05. The fourth-order valence-corrected chi connectivity index (χ4v) is 5.27. The topological polar surface area (TPSA) is 61.5 Å². The molecule has 2 unspecified atom stereocenters. The molecule has 2 atom stereocenters. The Bertz CT molecular complexity index is 1050. The molecule has 0 aliphatic carbocycles. The highest BCUT2D eigenvalue weighted by Gasteiger charge is 2.31. The Labute approximate surface area is 189 Å². The zero-order chi connectivity index (χ0) is 21.9. The van der Waals surface area contributed by atoms with E-state index in [2.05, 4.69) is 34.1 Å². The number of likely N-dealkylation sites (tertiary alicyclic amines) is 2. The monoisotopic (exact) mass is 432 g/mol. The van der Waals surface area contributed by atoms with Gasteiger partial charge >= 0.3 is 0 Å². The van der Waals surface area contributed by atoms with Gasteiger partial charge in [0.2, 0.25) is 5.91 Å². The molecule has 2 saturated heterocycles. The van der Waals surface area contributed by atoms with Crippen molar-refractivity contribution in [3.8, 4) is 5.75 Å². The first-order valence-electron chi connectivity index (χ1n) is 11.8. The van der Waals surface area contributed by atoms with Crippen LogP contribution in [0.15, 0.2) is 48.5 Å². The fourth-order valence-electron chi connectivity index (χ4n) is 5.27. The average Bonchev–Trinajstić information content (AvgIpc) is 3.19. The standard InChI is InChI=1S/C26H32N4O2/c1-32-22-8-4-6-19(16-22)17-30-15-13-21(11-12-25(30)31)29-14-5-7-20(18-29)26-27-23-9-2-3-10-24(23)28-26/h2-4,6,8-10,16,20-21H,5,7,11-15,17-18H2,1H3,(H,27,28). The second-order valence-electron chi connectivity index (χ2n) is 9.12. The Morgan fingerprint density at radius 3 is 2.88 bits per heavy atom. The molecule has 6 heteroatoms. The number of H-pyrrole nitrogens is 1. The highest BCUT2D eigenvalue weighted by Crippen LogP contribution is 2.30. The molecule has 5 rings (SSSR count). The fraction of sp³-hybridized carbons (Fsp3) is 0.462. The normalized spacial score (nSPS) is 22.8. The molecule has 168 valence electrons. The lowest BCUT2D eigenvalue weighted by Gasteiger charge is -2.37. The lowest BCUT2D eigenvalue weighted by molar-refractivity contribution is -0.131. The highest BCUT2D eigenvalue weighted by molar-refractivity contribution is 5.76. The van der Waals surface area contributed by atoms with Crippen molar-refractivity contribution in [1.29, 1.82) is 0 Å². The molecule has 6 nitrogen and oxygen atoms in total. The van der Waals surface area contributed by atoms with Crippen LogP contribution < -0.4 is 4.74 Å². The number of carbonyl (C=O) groups is 1. The van der Waals surface area contributed by atoms with Crippen LogP contribution in [0.3, 0.4) is 0 Å². The molecule has 2 fully saturated rings. The number of hydrogen-bond donors (Lipinski definition) is 1. The van der Waals surface area contributed by atoms with Crippen molar-refractivity contribution in [2.75, 3.05) is 26.7 Å². The Hall–Kier alpha value is -2.86. The van der Waals surface area contributed by atoms with E-state index in [0.717, 1.165) is 60.6 Å². The SMILES string of the molecule is COc1cccc(CN2CCC(N3CCCC(c4nc5ccccc5[nH]4)C3)CCC2=O)c1. The molecule has 0 bridgehead atoms. The van der Waals surface area contributed by atoms with Gasteiger partial charge in [0.15, 0.2) is 0 Å². The van der Waals surface area contributed by atoms with Gasteiger partial charge in [0.1, 0.15) is 11.6 Å². The largest absolute Gasteiger partial charge is 0.497 e. The zero-order valence-electron chi connectivity index (χ0n) is 18.8. The number of carbonyl (C=O) groups excluding carboxylic acids is 1. The van der Waals surface area contributed by atoms with Crippen LogP contribution in [0.1, 0.15) is 49.4 Å². The molecule has 32 heavy (non-hydrogen) atoms. The van der Waals surface area contributed by atoms with E-state index in [4.69, 9.17) is 9.72 Å². The third-order valence-electron chi connectivity index (χ3n) is 7.05. The number of aromatic amines is 1. The summed E-state index contributed by atoms with van der Waals surface area (Å²) in [5.41, 5.74) is 3.29. The molecule has 3 heterocycles. The molecule has 1 N–H and O–H groups in total. The number of rotatable bonds is 5. The van der Waals surface area contributed by atoms with E-state index in [1.54, 1.807) is 7.11 Å². The van der Waals surface area contributed by atoms with Crippen molar-refractivity contribution < 1.29 is 9.53 Å².